The lowest BCUT2D eigenvalue weighted by Crippen LogP contribution is -2.00. The summed E-state index contributed by atoms with van der Waals surface area (Å²) in [7, 11) is 0. The van der Waals surface area contributed by atoms with Crippen LogP contribution in [-0.2, 0) is 14.3 Å². The number of hydrogen-bond acceptors (Lipinski definition) is 6. The van der Waals surface area contributed by atoms with Crippen LogP contribution in [-0.4, -0.2) is 58.8 Å². The van der Waals surface area contributed by atoms with Gasteiger partial charge in [-0.2, -0.15) is 0 Å². The highest BCUT2D eigenvalue weighted by atomic mass is 16.5. The maximum atomic E-state index is 10.5. The molecule has 1 heterocycles. The van der Waals surface area contributed by atoms with Crippen LogP contribution in [0.5, 0.6) is 0 Å². The first-order valence-corrected chi connectivity index (χ1v) is 5.28. The number of rotatable bonds is 2. The molecule has 1 saturated heterocycles. The van der Waals surface area contributed by atoms with Crippen LogP contribution in [0.1, 0.15) is 25.7 Å². The molecule has 7 nitrogen and oxygen atoms in total. The first-order chi connectivity index (χ1) is 8.08. The monoisotopic (exact) mass is 252 g/mol. The zero-order valence-corrected chi connectivity index (χ0v) is 9.67. The molecule has 0 unspecified atom stereocenters. The second-order valence-electron chi connectivity index (χ2n) is 3.03. The zero-order chi connectivity index (χ0) is 13.5. The molecule has 0 aromatic heterocycles. The van der Waals surface area contributed by atoms with Gasteiger partial charge in [-0.15, -0.1) is 0 Å². The van der Waals surface area contributed by atoms with Crippen LogP contribution >= 0.6 is 0 Å². The van der Waals surface area contributed by atoms with Gasteiger partial charge in [0.05, 0.1) is 19.8 Å². The van der Waals surface area contributed by atoms with E-state index in [1.165, 1.54) is 0 Å². The van der Waals surface area contributed by atoms with Crippen LogP contribution in [0.25, 0.3) is 0 Å². The van der Waals surface area contributed by atoms with Gasteiger partial charge in [0.2, 0.25) is 0 Å². The SMILES string of the molecule is O=C(O)CO.O=C1CCCCCO1.OCCO. The van der Waals surface area contributed by atoms with Crippen molar-refractivity contribution in [1.82, 2.24) is 0 Å². The summed E-state index contributed by atoms with van der Waals surface area (Å²) in [5, 5.41) is 30.3. The molecule has 1 rings (SSSR count). The molecule has 0 spiro atoms. The molecule has 0 aromatic rings. The van der Waals surface area contributed by atoms with Crippen molar-refractivity contribution < 1.29 is 34.8 Å². The Labute approximate surface area is 99.6 Å². The van der Waals surface area contributed by atoms with Gasteiger partial charge >= 0.3 is 11.9 Å². The van der Waals surface area contributed by atoms with Gasteiger partial charge in [-0.05, 0) is 19.3 Å². The lowest BCUT2D eigenvalue weighted by molar-refractivity contribution is -0.142. The molecule has 7 heteroatoms. The number of hydrogen-bond donors (Lipinski definition) is 4. The molecule has 102 valence electrons. The van der Waals surface area contributed by atoms with Gasteiger partial charge in [-0.3, -0.25) is 4.79 Å². The summed E-state index contributed by atoms with van der Waals surface area (Å²) in [6.07, 6.45) is 3.83. The number of carbonyl (C=O) groups excluding carboxylic acids is 1. The predicted molar refractivity (Wildman–Crippen MR) is 58.3 cm³/mol. The summed E-state index contributed by atoms with van der Waals surface area (Å²) in [4.78, 5) is 19.6. The van der Waals surface area contributed by atoms with Crippen molar-refractivity contribution >= 4 is 11.9 Å². The van der Waals surface area contributed by atoms with Gasteiger partial charge < -0.3 is 25.2 Å². The maximum absolute atomic E-state index is 10.5. The van der Waals surface area contributed by atoms with Crippen LogP contribution in [0.4, 0.5) is 0 Å². The third kappa shape index (κ3) is 20.8. The fraction of sp³-hybridized carbons (Fsp3) is 0.800. The van der Waals surface area contributed by atoms with Crippen molar-refractivity contribution in [1.29, 1.82) is 0 Å². The van der Waals surface area contributed by atoms with E-state index in [4.69, 9.17) is 30.0 Å². The van der Waals surface area contributed by atoms with E-state index in [-0.39, 0.29) is 19.2 Å². The number of carbonyl (C=O) groups is 2. The average molecular weight is 252 g/mol. The Morgan fingerprint density at radius 2 is 1.65 bits per heavy atom. The number of aliphatic hydroxyl groups is 3. The minimum atomic E-state index is -1.19. The second kappa shape index (κ2) is 14.8. The van der Waals surface area contributed by atoms with Crippen molar-refractivity contribution in [2.45, 2.75) is 25.7 Å². The molecule has 0 atom stereocenters. The van der Waals surface area contributed by atoms with Crippen molar-refractivity contribution in [2.24, 2.45) is 0 Å². The molecule has 0 amide bonds. The van der Waals surface area contributed by atoms with Crippen molar-refractivity contribution in [3.05, 3.63) is 0 Å². The molecule has 17 heavy (non-hydrogen) atoms. The van der Waals surface area contributed by atoms with Crippen molar-refractivity contribution in [3.63, 3.8) is 0 Å². The molecule has 1 aliphatic heterocycles. The fourth-order valence-electron chi connectivity index (χ4n) is 0.806. The Morgan fingerprint density at radius 3 is 2.06 bits per heavy atom. The Hall–Kier alpha value is -1.18. The number of cyclic esters (lactones) is 1. The average Bonchev–Trinajstić information content (AvgIpc) is 2.58. The Kier molecular flexibility index (Phi) is 15.9. The molecule has 1 fully saturated rings. The fourth-order valence-corrected chi connectivity index (χ4v) is 0.806. The molecule has 0 radical (unpaired) electrons. The zero-order valence-electron chi connectivity index (χ0n) is 9.67. The second-order valence-corrected chi connectivity index (χ2v) is 3.03. The van der Waals surface area contributed by atoms with E-state index in [1.54, 1.807) is 0 Å². The van der Waals surface area contributed by atoms with Gasteiger partial charge in [0.25, 0.3) is 0 Å². The van der Waals surface area contributed by atoms with Crippen LogP contribution in [0.3, 0.4) is 0 Å². The largest absolute Gasteiger partial charge is 0.480 e. The normalized spacial score (nSPS) is 14.2. The van der Waals surface area contributed by atoms with Gasteiger partial charge in [0, 0.05) is 6.42 Å². The molecule has 4 N–H and O–H groups in total. The summed E-state index contributed by atoms with van der Waals surface area (Å²) in [5.41, 5.74) is 0. The summed E-state index contributed by atoms with van der Waals surface area (Å²) in [6, 6.07) is 0. The lowest BCUT2D eigenvalue weighted by atomic mass is 10.2. The molecular weight excluding hydrogens is 232 g/mol. The van der Waals surface area contributed by atoms with Gasteiger partial charge in [0.1, 0.15) is 6.61 Å². The van der Waals surface area contributed by atoms with E-state index in [0.717, 1.165) is 19.3 Å². The van der Waals surface area contributed by atoms with Gasteiger partial charge in [-0.25, -0.2) is 4.79 Å². The number of carboxylic acids is 1. The molecule has 0 aliphatic carbocycles. The summed E-state index contributed by atoms with van der Waals surface area (Å²) in [6.45, 7) is -0.390. The molecule has 0 bridgehead atoms. The first-order valence-electron chi connectivity index (χ1n) is 5.28. The minimum Gasteiger partial charge on any atom is -0.480 e. The number of carboxylic acid groups (broad SMARTS) is 1. The van der Waals surface area contributed by atoms with Crippen LogP contribution in [0.2, 0.25) is 0 Å². The minimum absolute atomic E-state index is 0.0255. The van der Waals surface area contributed by atoms with E-state index < -0.39 is 12.6 Å². The van der Waals surface area contributed by atoms with Crippen LogP contribution < -0.4 is 0 Å². The van der Waals surface area contributed by atoms with E-state index in [1.807, 2.05) is 0 Å². The Bertz CT molecular complexity index is 181. The standard InChI is InChI=1S/C6H10O2.C2H4O3.C2H6O2/c7-6-4-2-1-3-5-8-6;3-1-2(4)5;3-1-2-4/h1-5H2;3H,1H2,(H,4,5);3-4H,1-2H2. The number of esters is 1. The van der Waals surface area contributed by atoms with Gasteiger partial charge in [-0.1, -0.05) is 0 Å². The van der Waals surface area contributed by atoms with Crippen LogP contribution in [0, 0.1) is 0 Å². The quantitative estimate of drug-likeness (QED) is 0.471. The number of aliphatic hydroxyl groups excluding tert-OH is 3. The smallest absolute Gasteiger partial charge is 0.329 e. The Balaban J connectivity index is 0. The van der Waals surface area contributed by atoms with Gasteiger partial charge in [0.15, 0.2) is 0 Å². The molecular formula is C10H20O7. The lowest BCUT2D eigenvalue weighted by Gasteiger charge is -1.93. The third-order valence-corrected chi connectivity index (χ3v) is 1.52. The molecule has 1 aliphatic rings. The Morgan fingerprint density at radius 1 is 1.12 bits per heavy atom. The maximum Gasteiger partial charge on any atom is 0.329 e. The van der Waals surface area contributed by atoms with Crippen molar-refractivity contribution in [3.8, 4) is 0 Å². The molecule has 0 aromatic carbocycles. The summed E-state index contributed by atoms with van der Waals surface area (Å²) >= 11 is 0. The van der Waals surface area contributed by atoms with E-state index in [0.29, 0.717) is 13.0 Å². The number of ether oxygens (including phenoxy) is 1. The highest BCUT2D eigenvalue weighted by Gasteiger charge is 2.05. The van der Waals surface area contributed by atoms with E-state index in [9.17, 15) is 4.79 Å². The first kappa shape index (κ1) is 18.2. The van der Waals surface area contributed by atoms with Crippen LogP contribution in [0.15, 0.2) is 0 Å². The van der Waals surface area contributed by atoms with E-state index in [2.05, 4.69) is 0 Å². The number of aliphatic carboxylic acids is 1. The summed E-state index contributed by atoms with van der Waals surface area (Å²) in [5.74, 6) is -1.22. The predicted octanol–water partition coefficient (Wildman–Crippen LogP) is -0.862. The van der Waals surface area contributed by atoms with Crippen molar-refractivity contribution in [2.75, 3.05) is 26.4 Å². The van der Waals surface area contributed by atoms with E-state index >= 15 is 0 Å². The summed E-state index contributed by atoms with van der Waals surface area (Å²) < 4.78 is 4.76. The third-order valence-electron chi connectivity index (χ3n) is 1.52. The topological polar surface area (TPSA) is 124 Å². The highest BCUT2D eigenvalue weighted by molar-refractivity contribution is 5.69. The molecule has 0 saturated carbocycles. The highest BCUT2D eigenvalue weighted by Crippen LogP contribution is 2.06.